The zero-order chi connectivity index (χ0) is 14.8. The molecule has 0 aliphatic heterocycles. The summed E-state index contributed by atoms with van der Waals surface area (Å²) in [6.45, 7) is 1.31. The van der Waals surface area contributed by atoms with Crippen molar-refractivity contribution in [2.24, 2.45) is 0 Å². The summed E-state index contributed by atoms with van der Waals surface area (Å²) in [6.07, 6.45) is 2.80. The van der Waals surface area contributed by atoms with Crippen LogP contribution >= 0.6 is 0 Å². The van der Waals surface area contributed by atoms with Crippen molar-refractivity contribution >= 4 is 5.91 Å². The molecule has 1 heterocycles. The van der Waals surface area contributed by atoms with E-state index in [1.807, 2.05) is 0 Å². The van der Waals surface area contributed by atoms with Crippen LogP contribution in [0.25, 0.3) is 0 Å². The van der Waals surface area contributed by atoms with Crippen LogP contribution in [0.4, 0.5) is 0 Å². The summed E-state index contributed by atoms with van der Waals surface area (Å²) < 4.78 is 4.95. The Morgan fingerprint density at radius 2 is 2.30 bits per heavy atom. The molecule has 0 aliphatic rings. The lowest BCUT2D eigenvalue weighted by Gasteiger charge is -2.16. The Balaban J connectivity index is 2.59. The molecule has 5 nitrogen and oxygen atoms in total. The van der Waals surface area contributed by atoms with E-state index in [2.05, 4.69) is 16.8 Å². The maximum Gasteiger partial charge on any atom is 0.272 e. The first-order valence-corrected chi connectivity index (χ1v) is 6.49. The first kappa shape index (κ1) is 16.2. The highest BCUT2D eigenvalue weighted by Crippen LogP contribution is 2.03. The van der Waals surface area contributed by atoms with Crippen LogP contribution in [0.3, 0.4) is 0 Å². The number of carbonyl (C=O) groups excluding carboxylic acids is 1. The maximum absolute atomic E-state index is 12.1. The van der Waals surface area contributed by atoms with Crippen LogP contribution in [0.5, 0.6) is 0 Å². The number of ether oxygens (including phenoxy) is 1. The molecular formula is C15H20N2O3. The van der Waals surface area contributed by atoms with Crippen LogP contribution in [0.1, 0.15) is 28.9 Å². The fourth-order valence-electron chi connectivity index (χ4n) is 1.56. The van der Waals surface area contributed by atoms with Gasteiger partial charge < -0.3 is 14.7 Å². The second-order valence-electron chi connectivity index (χ2n) is 4.28. The topological polar surface area (TPSA) is 62.7 Å². The molecule has 0 saturated carbocycles. The van der Waals surface area contributed by atoms with Crippen molar-refractivity contribution in [1.82, 2.24) is 9.88 Å². The maximum atomic E-state index is 12.1. The predicted octanol–water partition coefficient (Wildman–Crippen LogP) is 0.924. The van der Waals surface area contributed by atoms with Crippen molar-refractivity contribution in [1.29, 1.82) is 0 Å². The second kappa shape index (κ2) is 9.08. The van der Waals surface area contributed by atoms with Crippen LogP contribution in [-0.4, -0.2) is 54.8 Å². The number of pyridine rings is 1. The van der Waals surface area contributed by atoms with Gasteiger partial charge in [0.15, 0.2) is 0 Å². The van der Waals surface area contributed by atoms with E-state index in [-0.39, 0.29) is 12.5 Å². The van der Waals surface area contributed by atoms with Crippen LogP contribution in [-0.2, 0) is 4.74 Å². The summed E-state index contributed by atoms with van der Waals surface area (Å²) in [5.41, 5.74) is 1.13. The van der Waals surface area contributed by atoms with Crippen LogP contribution in [0.2, 0.25) is 0 Å². The Kier molecular flexibility index (Phi) is 7.33. The summed E-state index contributed by atoms with van der Waals surface area (Å²) in [6, 6.07) is 3.42. The van der Waals surface area contributed by atoms with Gasteiger partial charge in [0, 0.05) is 45.5 Å². The van der Waals surface area contributed by atoms with Crippen molar-refractivity contribution < 1.29 is 14.6 Å². The van der Waals surface area contributed by atoms with E-state index in [0.717, 1.165) is 12.0 Å². The fourth-order valence-corrected chi connectivity index (χ4v) is 1.56. The van der Waals surface area contributed by atoms with Crippen molar-refractivity contribution in [3.63, 3.8) is 0 Å². The number of amides is 1. The van der Waals surface area contributed by atoms with E-state index >= 15 is 0 Å². The molecule has 1 N–H and O–H groups in total. The largest absolute Gasteiger partial charge is 0.395 e. The summed E-state index contributed by atoms with van der Waals surface area (Å²) in [5, 5.41) is 8.63. The fraction of sp³-hybridized carbons (Fsp3) is 0.467. The Morgan fingerprint density at radius 3 is 2.90 bits per heavy atom. The first-order chi connectivity index (χ1) is 9.69. The van der Waals surface area contributed by atoms with Gasteiger partial charge in [-0.25, -0.2) is 4.98 Å². The smallest absolute Gasteiger partial charge is 0.272 e. The number of aliphatic hydroxyl groups is 1. The molecule has 0 aromatic carbocycles. The summed E-state index contributed by atoms with van der Waals surface area (Å²) in [7, 11) is 3.38. The van der Waals surface area contributed by atoms with Crippen molar-refractivity contribution in [2.45, 2.75) is 12.8 Å². The molecule has 1 amide bonds. The number of hydrogen-bond donors (Lipinski definition) is 1. The monoisotopic (exact) mass is 276 g/mol. The number of rotatable bonds is 6. The highest BCUT2D eigenvalue weighted by molar-refractivity contribution is 5.92. The zero-order valence-corrected chi connectivity index (χ0v) is 11.9. The lowest BCUT2D eigenvalue weighted by Crippen LogP contribution is -2.29. The van der Waals surface area contributed by atoms with Crippen molar-refractivity contribution in [3.8, 4) is 11.8 Å². The molecule has 1 rings (SSSR count). The van der Waals surface area contributed by atoms with E-state index in [9.17, 15) is 4.79 Å². The number of methoxy groups -OCH3 is 1. The molecule has 0 spiro atoms. The highest BCUT2D eigenvalue weighted by Gasteiger charge is 2.12. The Morgan fingerprint density at radius 1 is 1.50 bits per heavy atom. The average molecular weight is 276 g/mol. The molecule has 0 fully saturated rings. The van der Waals surface area contributed by atoms with Gasteiger partial charge in [0.25, 0.3) is 5.91 Å². The molecular weight excluding hydrogens is 256 g/mol. The third-order valence-corrected chi connectivity index (χ3v) is 2.64. The van der Waals surface area contributed by atoms with Gasteiger partial charge in [0.2, 0.25) is 0 Å². The lowest BCUT2D eigenvalue weighted by molar-refractivity contribution is 0.0773. The van der Waals surface area contributed by atoms with Crippen LogP contribution in [0, 0.1) is 11.8 Å². The molecule has 108 valence electrons. The highest BCUT2D eigenvalue weighted by atomic mass is 16.5. The van der Waals surface area contributed by atoms with Gasteiger partial charge in [-0.05, 0) is 18.6 Å². The number of hydrogen-bond acceptors (Lipinski definition) is 4. The van der Waals surface area contributed by atoms with Crippen LogP contribution in [0.15, 0.2) is 18.3 Å². The lowest BCUT2D eigenvalue weighted by atomic mass is 10.2. The minimum atomic E-state index is -0.115. The SMILES string of the molecule is COCCCN(C)C(=O)c1ccc(C#CCCO)cn1. The van der Waals surface area contributed by atoms with Gasteiger partial charge in [0.1, 0.15) is 5.69 Å². The first-order valence-electron chi connectivity index (χ1n) is 6.49. The quantitative estimate of drug-likeness (QED) is 0.620. The molecule has 0 unspecified atom stereocenters. The molecule has 1 aromatic rings. The van der Waals surface area contributed by atoms with Gasteiger partial charge in [-0.15, -0.1) is 0 Å². The molecule has 0 atom stereocenters. The minimum absolute atomic E-state index is 0.0449. The number of carbonyl (C=O) groups is 1. The molecule has 0 bridgehead atoms. The molecule has 1 aromatic heterocycles. The van der Waals surface area contributed by atoms with Gasteiger partial charge in [-0.1, -0.05) is 11.8 Å². The van der Waals surface area contributed by atoms with Gasteiger partial charge >= 0.3 is 0 Å². The van der Waals surface area contributed by atoms with E-state index < -0.39 is 0 Å². The summed E-state index contributed by atoms with van der Waals surface area (Å²) in [5.74, 6) is 5.56. The molecule has 5 heteroatoms. The zero-order valence-electron chi connectivity index (χ0n) is 11.9. The minimum Gasteiger partial charge on any atom is -0.395 e. The normalized spacial score (nSPS) is 9.75. The standard InChI is InChI=1S/C15H20N2O3/c1-17(9-5-11-20-2)15(19)14-8-7-13(12-16-14)6-3-4-10-18/h7-8,12,18H,4-5,9-11H2,1-2H3. The van der Waals surface area contributed by atoms with E-state index in [1.165, 1.54) is 0 Å². The molecule has 0 aliphatic carbocycles. The van der Waals surface area contributed by atoms with Crippen molar-refractivity contribution in [3.05, 3.63) is 29.6 Å². The number of aromatic nitrogens is 1. The van der Waals surface area contributed by atoms with Gasteiger partial charge in [-0.2, -0.15) is 0 Å². The summed E-state index contributed by atoms with van der Waals surface area (Å²) >= 11 is 0. The second-order valence-corrected chi connectivity index (χ2v) is 4.28. The summed E-state index contributed by atoms with van der Waals surface area (Å²) in [4.78, 5) is 17.8. The Bertz CT molecular complexity index is 474. The van der Waals surface area contributed by atoms with Crippen LogP contribution < -0.4 is 0 Å². The van der Waals surface area contributed by atoms with E-state index in [1.54, 1.807) is 37.4 Å². The average Bonchev–Trinajstić information content (AvgIpc) is 2.47. The van der Waals surface area contributed by atoms with Gasteiger partial charge in [0.05, 0.1) is 6.61 Å². The third-order valence-electron chi connectivity index (χ3n) is 2.64. The van der Waals surface area contributed by atoms with Gasteiger partial charge in [-0.3, -0.25) is 4.79 Å². The van der Waals surface area contributed by atoms with E-state index in [0.29, 0.717) is 25.3 Å². The Hall–Kier alpha value is -1.90. The van der Waals surface area contributed by atoms with E-state index in [4.69, 9.17) is 9.84 Å². The third kappa shape index (κ3) is 5.39. The van der Waals surface area contributed by atoms with Crippen molar-refractivity contribution in [2.75, 3.05) is 33.9 Å². The Labute approximate surface area is 119 Å². The molecule has 20 heavy (non-hydrogen) atoms. The molecule has 0 saturated heterocycles. The molecule has 0 radical (unpaired) electrons. The number of nitrogens with zero attached hydrogens (tertiary/aromatic N) is 2. The number of aliphatic hydroxyl groups excluding tert-OH is 1. The predicted molar refractivity (Wildman–Crippen MR) is 76.3 cm³/mol.